The van der Waals surface area contributed by atoms with Gasteiger partial charge in [-0.2, -0.15) is 0 Å². The van der Waals surface area contributed by atoms with Gasteiger partial charge in [0, 0.05) is 32.8 Å². The molecule has 0 aliphatic heterocycles. The molecule has 0 fully saturated rings. The zero-order valence-electron chi connectivity index (χ0n) is 15.7. The van der Waals surface area contributed by atoms with E-state index < -0.39 is 18.2 Å². The Labute approximate surface area is 151 Å². The van der Waals surface area contributed by atoms with Crippen molar-refractivity contribution in [2.45, 2.75) is 52.3 Å². The molecule has 1 aromatic carbocycles. The number of benzene rings is 1. The Balaban J connectivity index is 2.99. The first kappa shape index (κ1) is 21.6. The van der Waals surface area contributed by atoms with Crippen molar-refractivity contribution in [3.63, 3.8) is 0 Å². The average molecular weight is 350 g/mol. The second-order valence-corrected chi connectivity index (χ2v) is 5.21. The molecule has 0 spiro atoms. The Hall–Kier alpha value is -1.42. The highest BCUT2D eigenvalue weighted by molar-refractivity contribution is 5.20. The van der Waals surface area contributed by atoms with Crippen LogP contribution in [0, 0.1) is 11.8 Å². The molecule has 1 atom stereocenters. The largest absolute Gasteiger partial charge is 0.387 e. The first-order chi connectivity index (χ1) is 12.1. The van der Waals surface area contributed by atoms with Crippen LogP contribution in [-0.4, -0.2) is 43.6 Å². The molecule has 0 bridgehead atoms. The number of aliphatic hydroxyl groups excluding tert-OH is 1. The molecular formula is C20H30O5. The summed E-state index contributed by atoms with van der Waals surface area (Å²) in [7, 11) is 0. The van der Waals surface area contributed by atoms with Crippen LogP contribution in [-0.2, 0) is 18.9 Å². The third-order valence-electron chi connectivity index (χ3n) is 3.41. The summed E-state index contributed by atoms with van der Waals surface area (Å²) in [6.45, 7) is 9.16. The molecule has 1 unspecified atom stereocenters. The van der Waals surface area contributed by atoms with Crippen molar-refractivity contribution in [1.82, 2.24) is 0 Å². The second kappa shape index (κ2) is 12.0. The summed E-state index contributed by atoms with van der Waals surface area (Å²) in [5.74, 6) is 4.67. The predicted molar refractivity (Wildman–Crippen MR) is 96.8 cm³/mol. The smallest absolute Gasteiger partial charge is 0.286 e. The van der Waals surface area contributed by atoms with Crippen LogP contribution in [0.5, 0.6) is 0 Å². The highest BCUT2D eigenvalue weighted by Crippen LogP contribution is 2.23. The van der Waals surface area contributed by atoms with Gasteiger partial charge in [0.05, 0.1) is 6.10 Å². The monoisotopic (exact) mass is 350 g/mol. The zero-order chi connectivity index (χ0) is 18.5. The van der Waals surface area contributed by atoms with Crippen LogP contribution in [0.1, 0.15) is 45.8 Å². The van der Waals surface area contributed by atoms with Gasteiger partial charge in [0.1, 0.15) is 0 Å². The van der Waals surface area contributed by atoms with Crippen molar-refractivity contribution in [3.8, 4) is 11.8 Å². The van der Waals surface area contributed by atoms with Crippen molar-refractivity contribution in [2.24, 2.45) is 0 Å². The number of aliphatic hydroxyl groups is 1. The molecule has 5 nitrogen and oxygen atoms in total. The van der Waals surface area contributed by atoms with E-state index in [2.05, 4.69) is 11.8 Å². The maximum absolute atomic E-state index is 10.3. The van der Waals surface area contributed by atoms with Crippen LogP contribution in [0.4, 0.5) is 0 Å². The van der Waals surface area contributed by atoms with Gasteiger partial charge < -0.3 is 24.1 Å². The molecule has 0 aliphatic carbocycles. The van der Waals surface area contributed by atoms with Crippen LogP contribution in [0.2, 0.25) is 0 Å². The van der Waals surface area contributed by atoms with Crippen molar-refractivity contribution in [1.29, 1.82) is 0 Å². The normalized spacial score (nSPS) is 12.7. The predicted octanol–water partition coefficient (Wildman–Crippen LogP) is 3.28. The van der Waals surface area contributed by atoms with E-state index in [4.69, 9.17) is 18.9 Å². The standard InChI is InChI=1S/C20H30O5/c1-5-22-19(23-6-2)20(24-7-3,25-8-4)16-12-15-18(21)17-13-10-9-11-14-17/h9-11,13-14,18-19,21H,5-8,15H2,1-4H3. The van der Waals surface area contributed by atoms with E-state index in [0.717, 1.165) is 5.56 Å². The lowest BCUT2D eigenvalue weighted by atomic mass is 10.1. The Morgan fingerprint density at radius 3 is 1.96 bits per heavy atom. The first-order valence-corrected chi connectivity index (χ1v) is 8.87. The van der Waals surface area contributed by atoms with Gasteiger partial charge in [0.15, 0.2) is 0 Å². The lowest BCUT2D eigenvalue weighted by Crippen LogP contribution is -2.49. The lowest BCUT2D eigenvalue weighted by Gasteiger charge is -2.34. The van der Waals surface area contributed by atoms with Gasteiger partial charge in [-0.25, -0.2) is 0 Å². The van der Waals surface area contributed by atoms with Gasteiger partial charge in [0.25, 0.3) is 5.79 Å². The second-order valence-electron chi connectivity index (χ2n) is 5.21. The fourth-order valence-corrected chi connectivity index (χ4v) is 2.37. The molecule has 0 amide bonds. The summed E-state index contributed by atoms with van der Waals surface area (Å²) in [6, 6.07) is 9.42. The molecule has 5 heteroatoms. The van der Waals surface area contributed by atoms with E-state index in [1.165, 1.54) is 0 Å². The number of hydrogen-bond donors (Lipinski definition) is 1. The van der Waals surface area contributed by atoms with Gasteiger partial charge in [-0.05, 0) is 39.2 Å². The average Bonchev–Trinajstić information content (AvgIpc) is 2.62. The van der Waals surface area contributed by atoms with Gasteiger partial charge in [-0.3, -0.25) is 0 Å². The van der Waals surface area contributed by atoms with Crippen molar-refractivity contribution < 1.29 is 24.1 Å². The van der Waals surface area contributed by atoms with E-state index in [9.17, 15) is 5.11 Å². The molecule has 0 saturated carbocycles. The van der Waals surface area contributed by atoms with Gasteiger partial charge in [-0.15, -0.1) is 0 Å². The maximum atomic E-state index is 10.3. The van der Waals surface area contributed by atoms with Crippen LogP contribution >= 0.6 is 0 Å². The molecule has 1 aromatic rings. The van der Waals surface area contributed by atoms with E-state index in [1.54, 1.807) is 0 Å². The summed E-state index contributed by atoms with van der Waals surface area (Å²) < 4.78 is 22.9. The molecule has 0 heterocycles. The molecule has 0 saturated heterocycles. The number of ether oxygens (including phenoxy) is 4. The first-order valence-electron chi connectivity index (χ1n) is 8.87. The molecule has 0 radical (unpaired) electrons. The fraction of sp³-hybridized carbons (Fsp3) is 0.600. The summed E-state index contributed by atoms with van der Waals surface area (Å²) >= 11 is 0. The summed E-state index contributed by atoms with van der Waals surface area (Å²) in [5, 5.41) is 10.3. The minimum atomic E-state index is -1.31. The SMILES string of the molecule is CCOC(OCC)C(C#CCC(O)c1ccccc1)(OCC)OCC. The lowest BCUT2D eigenvalue weighted by molar-refractivity contribution is -0.321. The van der Waals surface area contributed by atoms with Crippen molar-refractivity contribution >= 4 is 0 Å². The fourth-order valence-electron chi connectivity index (χ4n) is 2.37. The Bertz CT molecular complexity index is 508. The van der Waals surface area contributed by atoms with Gasteiger partial charge in [0.2, 0.25) is 6.29 Å². The third-order valence-corrected chi connectivity index (χ3v) is 3.41. The molecular weight excluding hydrogens is 320 g/mol. The third kappa shape index (κ3) is 6.77. The number of rotatable bonds is 11. The van der Waals surface area contributed by atoms with Crippen LogP contribution in [0.3, 0.4) is 0 Å². The molecule has 1 N–H and O–H groups in total. The van der Waals surface area contributed by atoms with Crippen LogP contribution in [0.25, 0.3) is 0 Å². The minimum absolute atomic E-state index is 0.261. The van der Waals surface area contributed by atoms with Crippen LogP contribution < -0.4 is 0 Å². The number of hydrogen-bond acceptors (Lipinski definition) is 5. The van der Waals surface area contributed by atoms with Gasteiger partial charge in [-0.1, -0.05) is 36.3 Å². The molecule has 0 aromatic heterocycles. The van der Waals surface area contributed by atoms with Crippen LogP contribution in [0.15, 0.2) is 30.3 Å². The van der Waals surface area contributed by atoms with E-state index in [1.807, 2.05) is 58.0 Å². The summed E-state index contributed by atoms with van der Waals surface area (Å²) in [5.41, 5.74) is 0.821. The molecule has 1 rings (SSSR count). The Kier molecular flexibility index (Phi) is 10.4. The highest BCUT2D eigenvalue weighted by Gasteiger charge is 2.41. The topological polar surface area (TPSA) is 57.2 Å². The van der Waals surface area contributed by atoms with E-state index >= 15 is 0 Å². The van der Waals surface area contributed by atoms with E-state index in [0.29, 0.717) is 26.4 Å². The molecule has 25 heavy (non-hydrogen) atoms. The quantitative estimate of drug-likeness (QED) is 0.490. The zero-order valence-corrected chi connectivity index (χ0v) is 15.7. The molecule has 140 valence electrons. The Morgan fingerprint density at radius 1 is 0.920 bits per heavy atom. The summed E-state index contributed by atoms with van der Waals surface area (Å²) in [6.07, 6.45) is -1.17. The van der Waals surface area contributed by atoms with E-state index in [-0.39, 0.29) is 6.42 Å². The van der Waals surface area contributed by atoms with Crippen molar-refractivity contribution in [3.05, 3.63) is 35.9 Å². The minimum Gasteiger partial charge on any atom is -0.387 e. The van der Waals surface area contributed by atoms with Gasteiger partial charge >= 0.3 is 0 Å². The summed E-state index contributed by atoms with van der Waals surface area (Å²) in [4.78, 5) is 0. The maximum Gasteiger partial charge on any atom is 0.286 e. The highest BCUT2D eigenvalue weighted by atomic mass is 16.8. The Morgan fingerprint density at radius 2 is 1.48 bits per heavy atom. The molecule has 0 aliphatic rings. The van der Waals surface area contributed by atoms with Crippen molar-refractivity contribution in [2.75, 3.05) is 26.4 Å².